The number of amides is 2. The topological polar surface area (TPSA) is 86.8 Å². The Balaban J connectivity index is 2.14. The molecule has 7 nitrogen and oxygen atoms in total. The summed E-state index contributed by atoms with van der Waals surface area (Å²) in [5, 5.41) is 3.65. The second-order valence-corrected chi connectivity index (χ2v) is 13.2. The van der Waals surface area contributed by atoms with Crippen LogP contribution in [0.5, 0.6) is 0 Å². The highest BCUT2D eigenvalue weighted by atomic mass is 35.5. The molecular formula is C32H39Cl2N3O4S. The number of hydrogen-bond donors (Lipinski definition) is 1. The van der Waals surface area contributed by atoms with Crippen molar-refractivity contribution in [1.82, 2.24) is 10.2 Å². The molecule has 0 aliphatic heterocycles. The van der Waals surface area contributed by atoms with Crippen molar-refractivity contribution in [1.29, 1.82) is 0 Å². The number of rotatable bonds is 12. The van der Waals surface area contributed by atoms with Gasteiger partial charge in [-0.3, -0.25) is 13.9 Å². The average Bonchev–Trinajstić information content (AvgIpc) is 2.94. The molecule has 0 radical (unpaired) electrons. The minimum absolute atomic E-state index is 0.0593. The van der Waals surface area contributed by atoms with Gasteiger partial charge < -0.3 is 10.2 Å². The first kappa shape index (κ1) is 33.4. The van der Waals surface area contributed by atoms with Gasteiger partial charge in [0.1, 0.15) is 12.6 Å². The van der Waals surface area contributed by atoms with Crippen molar-refractivity contribution in [2.75, 3.05) is 10.8 Å². The van der Waals surface area contributed by atoms with Crippen LogP contribution in [0.4, 0.5) is 5.69 Å². The number of halogens is 2. The van der Waals surface area contributed by atoms with Gasteiger partial charge in [0.15, 0.2) is 0 Å². The van der Waals surface area contributed by atoms with E-state index >= 15 is 0 Å². The SMILES string of the molecule is CC[C@H](C(=O)N[C@@H](C)CC)N(Cc1c(Cl)cccc1Cl)C(=O)CN(c1cccc(C)c1C)S(=O)(=O)c1ccc(C)cc1. The lowest BCUT2D eigenvalue weighted by Gasteiger charge is -2.34. The molecule has 1 N–H and O–H groups in total. The summed E-state index contributed by atoms with van der Waals surface area (Å²) in [6.45, 7) is 10.6. The molecule has 42 heavy (non-hydrogen) atoms. The number of aryl methyl sites for hydroxylation is 2. The van der Waals surface area contributed by atoms with Crippen molar-refractivity contribution >= 4 is 50.7 Å². The summed E-state index contributed by atoms with van der Waals surface area (Å²) >= 11 is 13.0. The first-order valence-electron chi connectivity index (χ1n) is 14.0. The summed E-state index contributed by atoms with van der Waals surface area (Å²) in [6, 6.07) is 15.8. The van der Waals surface area contributed by atoms with Crippen molar-refractivity contribution in [3.8, 4) is 0 Å². The van der Waals surface area contributed by atoms with Crippen molar-refractivity contribution in [2.45, 2.75) is 77.9 Å². The smallest absolute Gasteiger partial charge is 0.264 e. The predicted octanol–water partition coefficient (Wildman–Crippen LogP) is 6.84. The molecule has 0 aromatic heterocycles. The molecule has 0 aliphatic rings. The molecule has 10 heteroatoms. The lowest BCUT2D eigenvalue weighted by molar-refractivity contribution is -0.140. The first-order valence-corrected chi connectivity index (χ1v) is 16.2. The number of carbonyl (C=O) groups is 2. The molecule has 0 fully saturated rings. The Hall–Kier alpha value is -3.07. The molecular weight excluding hydrogens is 593 g/mol. The highest BCUT2D eigenvalue weighted by Crippen LogP contribution is 2.31. The Morgan fingerprint density at radius 2 is 1.48 bits per heavy atom. The van der Waals surface area contributed by atoms with E-state index in [9.17, 15) is 18.0 Å². The van der Waals surface area contributed by atoms with Crippen LogP contribution < -0.4 is 9.62 Å². The second-order valence-electron chi connectivity index (χ2n) is 10.5. The fourth-order valence-electron chi connectivity index (χ4n) is 4.57. The third kappa shape index (κ3) is 7.65. The summed E-state index contributed by atoms with van der Waals surface area (Å²) < 4.78 is 29.4. The van der Waals surface area contributed by atoms with Gasteiger partial charge in [-0.25, -0.2) is 8.42 Å². The molecule has 3 aromatic rings. The monoisotopic (exact) mass is 631 g/mol. The van der Waals surface area contributed by atoms with E-state index in [1.54, 1.807) is 49.4 Å². The number of benzene rings is 3. The minimum atomic E-state index is -4.17. The van der Waals surface area contributed by atoms with Crippen molar-refractivity contribution < 1.29 is 18.0 Å². The number of nitrogens with zero attached hydrogens (tertiary/aromatic N) is 2. The lowest BCUT2D eigenvalue weighted by atomic mass is 10.1. The normalized spacial score (nSPS) is 12.9. The highest BCUT2D eigenvalue weighted by Gasteiger charge is 2.35. The Labute approximate surface area is 259 Å². The van der Waals surface area contributed by atoms with Crippen molar-refractivity contribution in [2.24, 2.45) is 0 Å². The summed E-state index contributed by atoms with van der Waals surface area (Å²) in [5.41, 5.74) is 3.37. The van der Waals surface area contributed by atoms with Crippen molar-refractivity contribution in [3.05, 3.63) is 93.0 Å². The molecule has 0 unspecified atom stereocenters. The van der Waals surface area contributed by atoms with Gasteiger partial charge in [0, 0.05) is 28.2 Å². The Morgan fingerprint density at radius 3 is 2.05 bits per heavy atom. The summed E-state index contributed by atoms with van der Waals surface area (Å²) in [4.78, 5) is 29.2. The Morgan fingerprint density at radius 1 is 0.881 bits per heavy atom. The zero-order valence-corrected chi connectivity index (χ0v) is 27.3. The first-order chi connectivity index (χ1) is 19.8. The molecule has 0 bridgehead atoms. The van der Waals surface area contributed by atoms with Crippen molar-refractivity contribution in [3.63, 3.8) is 0 Å². The molecule has 0 spiro atoms. The maximum Gasteiger partial charge on any atom is 0.264 e. The van der Waals surface area contributed by atoms with Crippen LogP contribution in [-0.4, -0.2) is 43.8 Å². The van der Waals surface area contributed by atoms with Crippen LogP contribution in [0, 0.1) is 20.8 Å². The zero-order chi connectivity index (χ0) is 31.2. The standard InChI is InChI=1S/C32H39Cl2N3O4S/c1-7-23(5)35-32(39)29(8-2)36(19-26-27(33)12-10-13-28(26)34)31(38)20-37(30-14-9-11-22(4)24(30)6)42(40,41)25-17-15-21(3)16-18-25/h9-18,23,29H,7-8,19-20H2,1-6H3,(H,35,39)/t23-,29+/m0/s1. The van der Waals surface area contributed by atoms with Crippen LogP contribution in [0.25, 0.3) is 0 Å². The van der Waals surface area contributed by atoms with Crippen LogP contribution in [0.1, 0.15) is 55.9 Å². The van der Waals surface area contributed by atoms with E-state index < -0.39 is 28.5 Å². The molecule has 0 saturated heterocycles. The van der Waals surface area contributed by atoms with Gasteiger partial charge in [-0.2, -0.15) is 0 Å². The van der Waals surface area contributed by atoms with Crippen LogP contribution in [-0.2, 0) is 26.2 Å². The number of nitrogens with one attached hydrogen (secondary N) is 1. The van der Waals surface area contributed by atoms with Gasteiger partial charge in [-0.15, -0.1) is 0 Å². The molecule has 0 aliphatic carbocycles. The van der Waals surface area contributed by atoms with Crippen LogP contribution in [0.3, 0.4) is 0 Å². The third-order valence-electron chi connectivity index (χ3n) is 7.51. The largest absolute Gasteiger partial charge is 0.352 e. The third-order valence-corrected chi connectivity index (χ3v) is 9.99. The van der Waals surface area contributed by atoms with Gasteiger partial charge in [-0.05, 0) is 82.0 Å². The molecule has 3 rings (SSSR count). The summed E-state index contributed by atoms with van der Waals surface area (Å²) in [7, 11) is -4.17. The number of anilines is 1. The van der Waals surface area contributed by atoms with Gasteiger partial charge >= 0.3 is 0 Å². The fraction of sp³-hybridized carbons (Fsp3) is 0.375. The summed E-state index contributed by atoms with van der Waals surface area (Å²) in [6.07, 6.45) is 1.01. The van der Waals surface area contributed by atoms with E-state index in [2.05, 4.69) is 5.32 Å². The summed E-state index contributed by atoms with van der Waals surface area (Å²) in [5.74, 6) is -0.892. The maximum absolute atomic E-state index is 14.3. The number of hydrogen-bond acceptors (Lipinski definition) is 4. The Bertz CT molecular complexity index is 1510. The van der Waals surface area contributed by atoms with Crippen LogP contribution in [0.15, 0.2) is 65.6 Å². The second kappa shape index (κ2) is 14.4. The minimum Gasteiger partial charge on any atom is -0.352 e. The molecule has 0 heterocycles. The van der Waals surface area contributed by atoms with E-state index in [-0.39, 0.29) is 23.4 Å². The van der Waals surface area contributed by atoms with Crippen LogP contribution >= 0.6 is 23.2 Å². The fourth-order valence-corrected chi connectivity index (χ4v) is 6.56. The van der Waals surface area contributed by atoms with E-state index in [0.29, 0.717) is 34.1 Å². The maximum atomic E-state index is 14.3. The van der Waals surface area contributed by atoms with Gasteiger partial charge in [0.2, 0.25) is 11.8 Å². The average molecular weight is 633 g/mol. The highest BCUT2D eigenvalue weighted by molar-refractivity contribution is 7.92. The van der Waals surface area contributed by atoms with Gasteiger partial charge in [0.05, 0.1) is 10.6 Å². The zero-order valence-electron chi connectivity index (χ0n) is 24.9. The van der Waals surface area contributed by atoms with E-state index in [4.69, 9.17) is 23.2 Å². The van der Waals surface area contributed by atoms with Gasteiger partial charge in [0.25, 0.3) is 10.0 Å². The number of sulfonamides is 1. The molecule has 2 atom stereocenters. The van der Waals surface area contributed by atoms with Gasteiger partial charge in [-0.1, -0.05) is 72.9 Å². The lowest BCUT2D eigenvalue weighted by Crippen LogP contribution is -2.53. The quantitative estimate of drug-likeness (QED) is 0.237. The van der Waals surface area contributed by atoms with E-state index in [1.165, 1.54) is 17.0 Å². The molecule has 226 valence electrons. The van der Waals surface area contributed by atoms with E-state index in [1.807, 2.05) is 40.7 Å². The van der Waals surface area contributed by atoms with E-state index in [0.717, 1.165) is 21.0 Å². The molecule has 0 saturated carbocycles. The molecule has 3 aromatic carbocycles. The predicted molar refractivity (Wildman–Crippen MR) is 171 cm³/mol. The molecule has 2 amide bonds. The van der Waals surface area contributed by atoms with Crippen LogP contribution in [0.2, 0.25) is 10.0 Å². The number of carbonyl (C=O) groups excluding carboxylic acids is 2. The Kier molecular flexibility index (Phi) is 11.5.